The molecule has 16 heavy (non-hydrogen) atoms. The van der Waals surface area contributed by atoms with Crippen molar-refractivity contribution in [2.45, 2.75) is 6.92 Å². The summed E-state index contributed by atoms with van der Waals surface area (Å²) in [5.74, 6) is 0.0782. The van der Waals surface area contributed by atoms with Gasteiger partial charge in [-0.3, -0.25) is 4.79 Å². The number of hydrogen-bond acceptors (Lipinski definition) is 2. The molecule has 0 radical (unpaired) electrons. The Morgan fingerprint density at radius 3 is 2.56 bits per heavy atom. The van der Waals surface area contributed by atoms with Crippen molar-refractivity contribution in [2.75, 3.05) is 0 Å². The number of rotatable bonds is 2. The summed E-state index contributed by atoms with van der Waals surface area (Å²) in [5, 5.41) is 0. The van der Waals surface area contributed by atoms with Crippen molar-refractivity contribution in [1.82, 2.24) is 0 Å². The average Bonchev–Trinajstić information content (AvgIpc) is 2.68. The van der Waals surface area contributed by atoms with Crippen LogP contribution in [0.1, 0.15) is 20.8 Å². The third-order valence-corrected chi connectivity index (χ3v) is 4.79. The van der Waals surface area contributed by atoms with Gasteiger partial charge in [0.25, 0.3) is 0 Å². The van der Waals surface area contributed by atoms with Crippen LogP contribution in [0.2, 0.25) is 0 Å². The van der Waals surface area contributed by atoms with Gasteiger partial charge < -0.3 is 0 Å². The summed E-state index contributed by atoms with van der Waals surface area (Å²) in [6.45, 7) is 1.94. The fourth-order valence-electron chi connectivity index (χ4n) is 1.42. The average molecular weight is 360 g/mol. The molecule has 0 saturated carbocycles. The first-order valence-electron chi connectivity index (χ1n) is 4.65. The topological polar surface area (TPSA) is 17.1 Å². The molecule has 0 bridgehead atoms. The van der Waals surface area contributed by atoms with Gasteiger partial charge in [-0.1, -0.05) is 28.1 Å². The van der Waals surface area contributed by atoms with E-state index in [0.717, 1.165) is 24.3 Å². The lowest BCUT2D eigenvalue weighted by Gasteiger charge is -2.04. The molecule has 0 aliphatic rings. The lowest BCUT2D eigenvalue weighted by atomic mass is 10.0. The molecule has 82 valence electrons. The SMILES string of the molecule is Cc1c(Br)cccc1C(=O)c1ccc(Br)s1. The summed E-state index contributed by atoms with van der Waals surface area (Å²) in [4.78, 5) is 13.0. The molecule has 0 unspecified atom stereocenters. The smallest absolute Gasteiger partial charge is 0.203 e. The highest BCUT2D eigenvalue weighted by molar-refractivity contribution is 9.11. The molecule has 0 spiro atoms. The zero-order chi connectivity index (χ0) is 11.7. The quantitative estimate of drug-likeness (QED) is 0.703. The Kier molecular flexibility index (Phi) is 3.62. The van der Waals surface area contributed by atoms with Crippen molar-refractivity contribution < 1.29 is 4.79 Å². The summed E-state index contributed by atoms with van der Waals surface area (Å²) >= 11 is 8.25. The van der Waals surface area contributed by atoms with E-state index in [1.807, 2.05) is 37.3 Å². The molecule has 4 heteroatoms. The predicted octanol–water partition coefficient (Wildman–Crippen LogP) is 4.81. The van der Waals surface area contributed by atoms with Gasteiger partial charge in [0, 0.05) is 10.0 Å². The van der Waals surface area contributed by atoms with Crippen LogP contribution in [0.25, 0.3) is 0 Å². The maximum atomic E-state index is 12.2. The first-order valence-corrected chi connectivity index (χ1v) is 7.05. The minimum atomic E-state index is 0.0782. The van der Waals surface area contributed by atoms with Gasteiger partial charge in [-0.2, -0.15) is 0 Å². The first-order chi connectivity index (χ1) is 7.59. The van der Waals surface area contributed by atoms with Crippen molar-refractivity contribution in [2.24, 2.45) is 0 Å². The van der Waals surface area contributed by atoms with Gasteiger partial charge in [0.1, 0.15) is 0 Å². The van der Waals surface area contributed by atoms with Crippen LogP contribution >= 0.6 is 43.2 Å². The number of hydrogen-bond donors (Lipinski definition) is 0. The summed E-state index contributed by atoms with van der Waals surface area (Å²) in [6, 6.07) is 9.42. The summed E-state index contributed by atoms with van der Waals surface area (Å²) in [7, 11) is 0. The van der Waals surface area contributed by atoms with E-state index in [4.69, 9.17) is 0 Å². The van der Waals surface area contributed by atoms with E-state index in [1.54, 1.807) is 0 Å². The molecule has 0 fully saturated rings. The number of thiophene rings is 1. The highest BCUT2D eigenvalue weighted by atomic mass is 79.9. The molecule has 0 saturated heterocycles. The molecule has 1 nitrogen and oxygen atoms in total. The second-order valence-corrected chi connectivity index (χ2v) is 6.66. The minimum absolute atomic E-state index is 0.0782. The highest BCUT2D eigenvalue weighted by Crippen LogP contribution is 2.27. The van der Waals surface area contributed by atoms with E-state index in [2.05, 4.69) is 31.9 Å². The minimum Gasteiger partial charge on any atom is -0.288 e. The largest absolute Gasteiger partial charge is 0.288 e. The second-order valence-electron chi connectivity index (χ2n) is 3.35. The van der Waals surface area contributed by atoms with E-state index in [0.29, 0.717) is 0 Å². The lowest BCUT2D eigenvalue weighted by Crippen LogP contribution is -2.01. The third-order valence-electron chi connectivity index (χ3n) is 2.31. The van der Waals surface area contributed by atoms with E-state index in [1.165, 1.54) is 11.3 Å². The molecule has 2 rings (SSSR count). The molecule has 2 aromatic rings. The molecular weight excluding hydrogens is 352 g/mol. The fourth-order valence-corrected chi connectivity index (χ4v) is 3.13. The van der Waals surface area contributed by atoms with Gasteiger partial charge in [0.2, 0.25) is 5.78 Å². The maximum absolute atomic E-state index is 12.2. The third kappa shape index (κ3) is 2.29. The van der Waals surface area contributed by atoms with Crippen LogP contribution in [0.4, 0.5) is 0 Å². The van der Waals surface area contributed by atoms with Crippen LogP contribution in [0.5, 0.6) is 0 Å². The molecule has 0 N–H and O–H groups in total. The van der Waals surface area contributed by atoms with E-state index in [9.17, 15) is 4.79 Å². The molecule has 0 atom stereocenters. The van der Waals surface area contributed by atoms with E-state index >= 15 is 0 Å². The second kappa shape index (κ2) is 4.82. The van der Waals surface area contributed by atoms with Crippen LogP contribution in [0, 0.1) is 6.92 Å². The van der Waals surface area contributed by atoms with Crippen molar-refractivity contribution in [3.05, 3.63) is 54.6 Å². The van der Waals surface area contributed by atoms with Crippen LogP contribution in [-0.2, 0) is 0 Å². The Hall–Kier alpha value is -0.450. The summed E-state index contributed by atoms with van der Waals surface area (Å²) in [5.41, 5.74) is 1.74. The van der Waals surface area contributed by atoms with Gasteiger partial charge in [0.05, 0.1) is 8.66 Å². The van der Waals surface area contributed by atoms with Gasteiger partial charge in [0.15, 0.2) is 0 Å². The molecule has 1 heterocycles. The number of carbonyl (C=O) groups is 1. The molecule has 1 aromatic carbocycles. The summed E-state index contributed by atoms with van der Waals surface area (Å²) in [6.07, 6.45) is 0. The van der Waals surface area contributed by atoms with Gasteiger partial charge >= 0.3 is 0 Å². The van der Waals surface area contributed by atoms with Crippen molar-refractivity contribution in [3.63, 3.8) is 0 Å². The Morgan fingerprint density at radius 2 is 1.94 bits per heavy atom. The number of carbonyl (C=O) groups excluding carboxylic acids is 1. The van der Waals surface area contributed by atoms with E-state index in [-0.39, 0.29) is 5.78 Å². The van der Waals surface area contributed by atoms with E-state index < -0.39 is 0 Å². The Bertz CT molecular complexity index is 546. The first kappa shape index (κ1) is 12.0. The van der Waals surface area contributed by atoms with Crippen LogP contribution in [0.3, 0.4) is 0 Å². The van der Waals surface area contributed by atoms with Gasteiger partial charge in [-0.05, 0) is 46.6 Å². The zero-order valence-corrected chi connectivity index (χ0v) is 12.4. The molecule has 0 amide bonds. The normalized spacial score (nSPS) is 10.4. The number of ketones is 1. The Labute approximate surface area is 115 Å². The highest BCUT2D eigenvalue weighted by Gasteiger charge is 2.14. The number of halogens is 2. The fraction of sp³-hybridized carbons (Fsp3) is 0.0833. The van der Waals surface area contributed by atoms with Crippen LogP contribution < -0.4 is 0 Å². The van der Waals surface area contributed by atoms with Crippen molar-refractivity contribution in [3.8, 4) is 0 Å². The predicted molar refractivity (Wildman–Crippen MR) is 74.3 cm³/mol. The maximum Gasteiger partial charge on any atom is 0.203 e. The van der Waals surface area contributed by atoms with Crippen molar-refractivity contribution in [1.29, 1.82) is 0 Å². The molecule has 0 aliphatic carbocycles. The number of benzene rings is 1. The summed E-state index contributed by atoms with van der Waals surface area (Å²) < 4.78 is 1.94. The van der Waals surface area contributed by atoms with Crippen molar-refractivity contribution >= 4 is 49.0 Å². The standard InChI is InChI=1S/C12H8Br2OS/c1-7-8(3-2-4-9(7)13)12(15)10-5-6-11(14)16-10/h2-6H,1H3. The molecular formula is C12H8Br2OS. The monoisotopic (exact) mass is 358 g/mol. The molecule has 0 aliphatic heterocycles. The van der Waals surface area contributed by atoms with Gasteiger partial charge in [-0.25, -0.2) is 0 Å². The molecule has 1 aromatic heterocycles. The van der Waals surface area contributed by atoms with Crippen LogP contribution in [-0.4, -0.2) is 5.78 Å². The van der Waals surface area contributed by atoms with Gasteiger partial charge in [-0.15, -0.1) is 11.3 Å². The van der Waals surface area contributed by atoms with Crippen LogP contribution in [0.15, 0.2) is 38.6 Å². The Morgan fingerprint density at radius 1 is 1.19 bits per heavy atom. The zero-order valence-electron chi connectivity index (χ0n) is 8.46. The Balaban J connectivity index is 2.45. The lowest BCUT2D eigenvalue weighted by molar-refractivity contribution is 0.104.